The van der Waals surface area contributed by atoms with E-state index < -0.39 is 0 Å². The zero-order valence-electron chi connectivity index (χ0n) is 13.0. The number of aryl methyl sites for hydroxylation is 2. The zero-order chi connectivity index (χ0) is 15.4. The van der Waals surface area contributed by atoms with Gasteiger partial charge in [-0.15, -0.1) is 0 Å². The molecule has 0 spiro atoms. The van der Waals surface area contributed by atoms with Crippen molar-refractivity contribution in [1.82, 2.24) is 5.32 Å². The minimum atomic E-state index is -0.186. The highest BCUT2D eigenvalue weighted by atomic mass is 19.1. The van der Waals surface area contributed by atoms with Crippen LogP contribution in [0.1, 0.15) is 35.2 Å². The van der Waals surface area contributed by atoms with Crippen LogP contribution in [0.4, 0.5) is 4.39 Å². The fourth-order valence-electron chi connectivity index (χ4n) is 2.79. The Morgan fingerprint density at radius 2 is 1.76 bits per heavy atom. The highest BCUT2D eigenvalue weighted by Gasteiger charge is 2.18. The van der Waals surface area contributed by atoms with Gasteiger partial charge < -0.3 is 10.1 Å². The molecule has 1 N–H and O–H groups in total. The molecule has 3 heteroatoms. The third-order valence-electron chi connectivity index (χ3n) is 3.64. The van der Waals surface area contributed by atoms with Crippen LogP contribution in [0.25, 0.3) is 0 Å². The van der Waals surface area contributed by atoms with Crippen LogP contribution in [-0.2, 0) is 0 Å². The van der Waals surface area contributed by atoms with Gasteiger partial charge in [0.1, 0.15) is 11.6 Å². The van der Waals surface area contributed by atoms with Crippen LogP contribution in [0, 0.1) is 19.7 Å². The molecule has 21 heavy (non-hydrogen) atoms. The van der Waals surface area contributed by atoms with Crippen molar-refractivity contribution in [3.05, 3.63) is 64.5 Å². The van der Waals surface area contributed by atoms with Crippen LogP contribution in [-0.4, -0.2) is 13.7 Å². The quantitative estimate of drug-likeness (QED) is 0.892. The second kappa shape index (κ2) is 6.72. The molecule has 2 aromatic rings. The molecule has 1 unspecified atom stereocenters. The second-order valence-corrected chi connectivity index (χ2v) is 5.20. The van der Waals surface area contributed by atoms with Crippen molar-refractivity contribution in [2.75, 3.05) is 13.7 Å². The van der Waals surface area contributed by atoms with E-state index in [1.165, 1.54) is 6.07 Å². The molecule has 2 aromatic carbocycles. The summed E-state index contributed by atoms with van der Waals surface area (Å²) in [6, 6.07) is 10.9. The first-order valence-electron chi connectivity index (χ1n) is 7.21. The predicted octanol–water partition coefficient (Wildman–Crippen LogP) is 4.15. The Balaban J connectivity index is 2.51. The lowest BCUT2D eigenvalue weighted by atomic mass is 9.94. The van der Waals surface area contributed by atoms with Gasteiger partial charge in [0, 0.05) is 5.56 Å². The molecule has 0 amide bonds. The molecule has 0 heterocycles. The molecule has 2 nitrogen and oxygen atoms in total. The molecule has 0 fully saturated rings. The molecule has 0 radical (unpaired) electrons. The molecular weight excluding hydrogens is 265 g/mol. The summed E-state index contributed by atoms with van der Waals surface area (Å²) in [7, 11) is 1.67. The van der Waals surface area contributed by atoms with Crippen molar-refractivity contribution < 1.29 is 9.13 Å². The Labute approximate surface area is 126 Å². The number of ether oxygens (including phenoxy) is 1. The predicted molar refractivity (Wildman–Crippen MR) is 84.4 cm³/mol. The minimum absolute atomic E-state index is 0.153. The van der Waals surface area contributed by atoms with Crippen LogP contribution in [0.15, 0.2) is 36.4 Å². The van der Waals surface area contributed by atoms with Crippen molar-refractivity contribution in [2.24, 2.45) is 0 Å². The molecule has 0 aliphatic carbocycles. The first-order valence-corrected chi connectivity index (χ1v) is 7.21. The lowest BCUT2D eigenvalue weighted by Crippen LogP contribution is -2.23. The highest BCUT2D eigenvalue weighted by molar-refractivity contribution is 5.46. The number of methoxy groups -OCH3 is 1. The molecule has 2 rings (SSSR count). The Hall–Kier alpha value is -1.87. The number of nitrogens with one attached hydrogen (secondary N) is 1. The van der Waals surface area contributed by atoms with Gasteiger partial charge >= 0.3 is 0 Å². The monoisotopic (exact) mass is 287 g/mol. The Bertz CT molecular complexity index is 601. The van der Waals surface area contributed by atoms with E-state index in [1.54, 1.807) is 13.2 Å². The Kier molecular flexibility index (Phi) is 4.97. The summed E-state index contributed by atoms with van der Waals surface area (Å²) in [4.78, 5) is 0. The number of hydrogen-bond acceptors (Lipinski definition) is 2. The molecule has 1 atom stereocenters. The van der Waals surface area contributed by atoms with Crippen molar-refractivity contribution >= 4 is 0 Å². The van der Waals surface area contributed by atoms with Gasteiger partial charge in [-0.1, -0.05) is 37.3 Å². The number of rotatable bonds is 5. The van der Waals surface area contributed by atoms with Crippen molar-refractivity contribution in [3.8, 4) is 5.75 Å². The summed E-state index contributed by atoms with van der Waals surface area (Å²) in [5.74, 6) is 0.706. The molecule has 112 valence electrons. The van der Waals surface area contributed by atoms with E-state index in [0.29, 0.717) is 5.56 Å². The fourth-order valence-corrected chi connectivity index (χ4v) is 2.79. The van der Waals surface area contributed by atoms with E-state index in [-0.39, 0.29) is 11.9 Å². The average molecular weight is 287 g/mol. The van der Waals surface area contributed by atoms with Gasteiger partial charge in [0.2, 0.25) is 0 Å². The highest BCUT2D eigenvalue weighted by Crippen LogP contribution is 2.31. The third kappa shape index (κ3) is 3.24. The molecule has 0 bridgehead atoms. The smallest absolute Gasteiger partial charge is 0.128 e. The summed E-state index contributed by atoms with van der Waals surface area (Å²) in [6.45, 7) is 6.82. The third-order valence-corrected chi connectivity index (χ3v) is 3.64. The average Bonchev–Trinajstić information content (AvgIpc) is 2.45. The molecule has 0 saturated carbocycles. The zero-order valence-corrected chi connectivity index (χ0v) is 13.0. The van der Waals surface area contributed by atoms with E-state index >= 15 is 0 Å². The normalized spacial score (nSPS) is 12.2. The molecule has 0 saturated heterocycles. The maximum Gasteiger partial charge on any atom is 0.128 e. The molecular formula is C18H22FNO. The molecule has 0 aliphatic rings. The Morgan fingerprint density at radius 3 is 2.29 bits per heavy atom. The van der Waals surface area contributed by atoms with E-state index in [9.17, 15) is 4.39 Å². The lowest BCUT2D eigenvalue weighted by molar-refractivity contribution is 0.408. The second-order valence-electron chi connectivity index (χ2n) is 5.20. The van der Waals surface area contributed by atoms with Gasteiger partial charge in [-0.05, 0) is 43.1 Å². The molecule has 0 aromatic heterocycles. The van der Waals surface area contributed by atoms with Crippen LogP contribution < -0.4 is 10.1 Å². The summed E-state index contributed by atoms with van der Waals surface area (Å²) in [6.07, 6.45) is 0. The molecule has 0 aliphatic heterocycles. The van der Waals surface area contributed by atoms with Crippen molar-refractivity contribution in [3.63, 3.8) is 0 Å². The van der Waals surface area contributed by atoms with Crippen LogP contribution >= 0.6 is 0 Å². The summed E-state index contributed by atoms with van der Waals surface area (Å²) < 4.78 is 19.5. The summed E-state index contributed by atoms with van der Waals surface area (Å²) in [5.41, 5.74) is 3.85. The van der Waals surface area contributed by atoms with Gasteiger partial charge in [-0.2, -0.15) is 0 Å². The van der Waals surface area contributed by atoms with E-state index in [2.05, 4.69) is 17.4 Å². The first kappa shape index (κ1) is 15.5. The number of benzene rings is 2. The maximum atomic E-state index is 14.1. The van der Waals surface area contributed by atoms with Crippen molar-refractivity contribution in [1.29, 1.82) is 0 Å². The van der Waals surface area contributed by atoms with Gasteiger partial charge in [0.25, 0.3) is 0 Å². The maximum absolute atomic E-state index is 14.1. The van der Waals surface area contributed by atoms with Crippen molar-refractivity contribution in [2.45, 2.75) is 26.8 Å². The topological polar surface area (TPSA) is 21.3 Å². The van der Waals surface area contributed by atoms with Gasteiger partial charge in [0.15, 0.2) is 0 Å². The van der Waals surface area contributed by atoms with Gasteiger partial charge in [-0.3, -0.25) is 0 Å². The first-order chi connectivity index (χ1) is 10.1. The number of halogens is 1. The van der Waals surface area contributed by atoms with E-state index in [4.69, 9.17) is 4.74 Å². The standard InChI is InChI=1S/C18H22FNO/c1-5-20-17(15-8-6-7-9-16(15)19)14-10-12(2)18(21-4)13(3)11-14/h6-11,17,20H,5H2,1-4H3. The summed E-state index contributed by atoms with van der Waals surface area (Å²) >= 11 is 0. The van der Waals surface area contributed by atoms with E-state index in [0.717, 1.165) is 29.0 Å². The Morgan fingerprint density at radius 1 is 1.14 bits per heavy atom. The van der Waals surface area contributed by atoms with E-state index in [1.807, 2.05) is 32.9 Å². The van der Waals surface area contributed by atoms with Crippen LogP contribution in [0.2, 0.25) is 0 Å². The largest absolute Gasteiger partial charge is 0.496 e. The van der Waals surface area contributed by atoms with Crippen LogP contribution in [0.3, 0.4) is 0 Å². The fraction of sp³-hybridized carbons (Fsp3) is 0.333. The minimum Gasteiger partial charge on any atom is -0.496 e. The summed E-state index contributed by atoms with van der Waals surface area (Å²) in [5, 5.41) is 3.37. The van der Waals surface area contributed by atoms with Gasteiger partial charge in [-0.25, -0.2) is 4.39 Å². The van der Waals surface area contributed by atoms with Crippen LogP contribution in [0.5, 0.6) is 5.75 Å². The lowest BCUT2D eigenvalue weighted by Gasteiger charge is -2.21. The SMILES string of the molecule is CCNC(c1cc(C)c(OC)c(C)c1)c1ccccc1F. The number of hydrogen-bond donors (Lipinski definition) is 1. The van der Waals surface area contributed by atoms with Gasteiger partial charge in [0.05, 0.1) is 13.2 Å².